The molecule has 0 bridgehead atoms. The van der Waals surface area contributed by atoms with E-state index in [4.69, 9.17) is 5.73 Å². The van der Waals surface area contributed by atoms with Crippen molar-refractivity contribution < 1.29 is 0 Å². The lowest BCUT2D eigenvalue weighted by molar-refractivity contribution is 1.46. The van der Waals surface area contributed by atoms with Gasteiger partial charge in [-0.15, -0.1) is 0 Å². The Balaban J connectivity index is 0.000000606. The first kappa shape index (κ1) is 12.3. The van der Waals surface area contributed by atoms with Crippen LogP contribution in [0.15, 0.2) is 48.5 Å². The molecule has 0 heterocycles. The average molecular weight is 213 g/mol. The molecule has 0 aromatic heterocycles. The minimum absolute atomic E-state index is 0.874. The topological polar surface area (TPSA) is 26.0 Å². The molecule has 0 aliphatic heterocycles. The van der Waals surface area contributed by atoms with E-state index in [1.807, 2.05) is 51.1 Å². The molecule has 2 aromatic rings. The van der Waals surface area contributed by atoms with Crippen molar-refractivity contribution in [1.29, 1.82) is 0 Å². The molecule has 16 heavy (non-hydrogen) atoms. The second kappa shape index (κ2) is 5.96. The van der Waals surface area contributed by atoms with Gasteiger partial charge in [0.05, 0.1) is 0 Å². The summed E-state index contributed by atoms with van der Waals surface area (Å²) in [5, 5.41) is 0. The molecular weight excluding hydrogens is 194 g/mol. The van der Waals surface area contributed by atoms with Crippen LogP contribution < -0.4 is 5.73 Å². The highest BCUT2D eigenvalue weighted by molar-refractivity contribution is 5.78. The van der Waals surface area contributed by atoms with Gasteiger partial charge >= 0.3 is 0 Å². The van der Waals surface area contributed by atoms with Crippen molar-refractivity contribution in [3.8, 4) is 11.1 Å². The van der Waals surface area contributed by atoms with E-state index in [1.54, 1.807) is 0 Å². The quantitative estimate of drug-likeness (QED) is 0.703. The summed E-state index contributed by atoms with van der Waals surface area (Å²) in [6.45, 7) is 6.03. The van der Waals surface area contributed by atoms with Gasteiger partial charge in [-0.1, -0.05) is 62.4 Å². The Hall–Kier alpha value is -1.76. The van der Waals surface area contributed by atoms with Gasteiger partial charge < -0.3 is 5.73 Å². The first-order valence-electron chi connectivity index (χ1n) is 5.69. The van der Waals surface area contributed by atoms with Crippen molar-refractivity contribution in [1.82, 2.24) is 0 Å². The molecule has 0 unspecified atom stereocenters. The number of nitrogens with two attached hydrogens (primary N) is 1. The van der Waals surface area contributed by atoms with Crippen molar-refractivity contribution in [2.24, 2.45) is 0 Å². The highest BCUT2D eigenvalue weighted by Crippen LogP contribution is 2.27. The lowest BCUT2D eigenvalue weighted by atomic mass is 10.0. The number of para-hydroxylation sites is 1. The van der Waals surface area contributed by atoms with Crippen molar-refractivity contribution in [2.45, 2.75) is 20.8 Å². The standard InChI is InChI=1S/C13H13N.C2H6/c1-10-6-5-9-12(13(10)14)11-7-3-2-4-8-11;1-2/h2-9H,14H2,1H3;1-2H3. The van der Waals surface area contributed by atoms with Gasteiger partial charge in [0.2, 0.25) is 0 Å². The fourth-order valence-corrected chi connectivity index (χ4v) is 1.55. The van der Waals surface area contributed by atoms with Crippen LogP contribution >= 0.6 is 0 Å². The maximum absolute atomic E-state index is 6.01. The summed E-state index contributed by atoms with van der Waals surface area (Å²) in [6.07, 6.45) is 0. The van der Waals surface area contributed by atoms with E-state index in [9.17, 15) is 0 Å². The Labute approximate surface area is 97.9 Å². The van der Waals surface area contributed by atoms with Gasteiger partial charge in [-0.05, 0) is 18.1 Å². The number of aryl methyl sites for hydroxylation is 1. The van der Waals surface area contributed by atoms with Crippen LogP contribution in [0.1, 0.15) is 19.4 Å². The highest BCUT2D eigenvalue weighted by atomic mass is 14.6. The molecule has 1 nitrogen and oxygen atoms in total. The van der Waals surface area contributed by atoms with Gasteiger partial charge in [0.15, 0.2) is 0 Å². The molecule has 0 spiro atoms. The SMILES string of the molecule is CC.Cc1cccc(-c2ccccc2)c1N. The predicted octanol–water partition coefficient (Wildman–Crippen LogP) is 4.27. The minimum Gasteiger partial charge on any atom is -0.398 e. The molecule has 1 heteroatoms. The second-order valence-corrected chi connectivity index (χ2v) is 3.40. The maximum atomic E-state index is 6.01. The van der Waals surface area contributed by atoms with E-state index in [-0.39, 0.29) is 0 Å². The molecule has 2 aromatic carbocycles. The largest absolute Gasteiger partial charge is 0.398 e. The summed E-state index contributed by atoms with van der Waals surface area (Å²) >= 11 is 0. The smallest absolute Gasteiger partial charge is 0.0423 e. The maximum Gasteiger partial charge on any atom is 0.0423 e. The molecule has 2 rings (SSSR count). The zero-order chi connectivity index (χ0) is 12.0. The normalized spacial score (nSPS) is 9.19. The van der Waals surface area contributed by atoms with E-state index in [2.05, 4.69) is 18.2 Å². The van der Waals surface area contributed by atoms with Crippen LogP contribution in [0.4, 0.5) is 5.69 Å². The molecule has 2 N–H and O–H groups in total. The van der Waals surface area contributed by atoms with Crippen molar-refractivity contribution in [3.05, 3.63) is 54.1 Å². The first-order valence-corrected chi connectivity index (χ1v) is 5.69. The van der Waals surface area contributed by atoms with Crippen molar-refractivity contribution >= 4 is 5.69 Å². The molecule has 0 radical (unpaired) electrons. The van der Waals surface area contributed by atoms with E-state index in [0.29, 0.717) is 0 Å². The molecule has 0 aliphatic carbocycles. The Morgan fingerprint density at radius 2 is 1.44 bits per heavy atom. The molecule has 0 amide bonds. The fourth-order valence-electron chi connectivity index (χ4n) is 1.55. The van der Waals surface area contributed by atoms with Crippen LogP contribution in [-0.4, -0.2) is 0 Å². The number of hydrogen-bond donors (Lipinski definition) is 1. The fraction of sp³-hybridized carbons (Fsp3) is 0.200. The molecule has 0 saturated carbocycles. The van der Waals surface area contributed by atoms with Crippen LogP contribution in [-0.2, 0) is 0 Å². The van der Waals surface area contributed by atoms with Crippen LogP contribution in [0, 0.1) is 6.92 Å². The van der Waals surface area contributed by atoms with E-state index in [0.717, 1.165) is 16.8 Å². The van der Waals surface area contributed by atoms with Crippen LogP contribution in [0.3, 0.4) is 0 Å². The van der Waals surface area contributed by atoms with Gasteiger partial charge in [0.25, 0.3) is 0 Å². The zero-order valence-corrected chi connectivity index (χ0v) is 10.2. The van der Waals surface area contributed by atoms with Gasteiger partial charge in [0, 0.05) is 11.3 Å². The minimum atomic E-state index is 0.874. The van der Waals surface area contributed by atoms with E-state index < -0.39 is 0 Å². The highest BCUT2D eigenvalue weighted by Gasteiger charge is 2.02. The summed E-state index contributed by atoms with van der Waals surface area (Å²) in [4.78, 5) is 0. The Kier molecular flexibility index (Phi) is 4.59. The van der Waals surface area contributed by atoms with Crippen LogP contribution in [0.2, 0.25) is 0 Å². The lowest BCUT2D eigenvalue weighted by Crippen LogP contribution is -1.92. The van der Waals surface area contributed by atoms with Gasteiger partial charge in [-0.25, -0.2) is 0 Å². The number of benzene rings is 2. The van der Waals surface area contributed by atoms with E-state index in [1.165, 1.54) is 5.56 Å². The molecule has 0 atom stereocenters. The van der Waals surface area contributed by atoms with Gasteiger partial charge in [-0.3, -0.25) is 0 Å². The summed E-state index contributed by atoms with van der Waals surface area (Å²) in [6, 6.07) is 16.3. The Bertz CT molecular complexity index is 432. The average Bonchev–Trinajstić information content (AvgIpc) is 2.36. The van der Waals surface area contributed by atoms with Crippen LogP contribution in [0.5, 0.6) is 0 Å². The molecule has 0 saturated heterocycles. The molecule has 0 aliphatic rings. The summed E-state index contributed by atoms with van der Waals surface area (Å²) in [5.41, 5.74) is 10.3. The number of anilines is 1. The van der Waals surface area contributed by atoms with E-state index >= 15 is 0 Å². The van der Waals surface area contributed by atoms with Crippen LogP contribution in [0.25, 0.3) is 11.1 Å². The Morgan fingerprint density at radius 1 is 0.812 bits per heavy atom. The second-order valence-electron chi connectivity index (χ2n) is 3.40. The third-order valence-corrected chi connectivity index (χ3v) is 2.41. The number of rotatable bonds is 1. The third kappa shape index (κ3) is 2.63. The number of nitrogen functional groups attached to an aromatic ring is 1. The predicted molar refractivity (Wildman–Crippen MR) is 72.4 cm³/mol. The summed E-state index contributed by atoms with van der Waals surface area (Å²) < 4.78 is 0. The monoisotopic (exact) mass is 213 g/mol. The van der Waals surface area contributed by atoms with Crippen molar-refractivity contribution in [3.63, 3.8) is 0 Å². The zero-order valence-electron chi connectivity index (χ0n) is 10.2. The Morgan fingerprint density at radius 3 is 2.06 bits per heavy atom. The number of hydrogen-bond acceptors (Lipinski definition) is 1. The van der Waals surface area contributed by atoms with Gasteiger partial charge in [0.1, 0.15) is 0 Å². The molecular formula is C15H19N. The summed E-state index contributed by atoms with van der Waals surface area (Å²) in [7, 11) is 0. The van der Waals surface area contributed by atoms with Crippen molar-refractivity contribution in [2.75, 3.05) is 5.73 Å². The molecule has 0 fully saturated rings. The van der Waals surface area contributed by atoms with Gasteiger partial charge in [-0.2, -0.15) is 0 Å². The lowest BCUT2D eigenvalue weighted by Gasteiger charge is -2.07. The first-order chi connectivity index (χ1) is 7.79. The summed E-state index contributed by atoms with van der Waals surface area (Å²) in [5.74, 6) is 0. The third-order valence-electron chi connectivity index (χ3n) is 2.41. The molecule has 84 valence electrons.